The molecule has 0 unspecified atom stereocenters. The third kappa shape index (κ3) is 10.7. The molecule has 0 fully saturated rings. The molecule has 0 bridgehead atoms. The maximum absolute atomic E-state index is 18.5. The summed E-state index contributed by atoms with van der Waals surface area (Å²) < 4.78 is 129. The molecule has 8 heteroatoms. The van der Waals surface area contributed by atoms with E-state index in [-0.39, 0.29) is 34.1 Å². The van der Waals surface area contributed by atoms with E-state index >= 15 is 8.78 Å². The molecule has 0 aliphatic rings. The number of benzene rings is 12. The minimum atomic E-state index is -1.94. The van der Waals surface area contributed by atoms with E-state index in [1.165, 1.54) is 42.7 Å². The van der Waals surface area contributed by atoms with Crippen molar-refractivity contribution >= 4 is 119 Å². The average molecular weight is 1180 g/mol. The smallest absolute Gasteiger partial charge is 0.147 e. The van der Waals surface area contributed by atoms with Crippen LogP contribution in [0, 0.1) is 11.6 Å². The first-order valence-electron chi connectivity index (χ1n) is 33.7. The zero-order chi connectivity index (χ0) is 67.7. The zero-order valence-corrected chi connectivity index (χ0v) is 53.8. The highest BCUT2D eigenvalue weighted by Gasteiger charge is 2.29. The van der Waals surface area contributed by atoms with Crippen molar-refractivity contribution in [2.24, 2.45) is 0 Å². The van der Waals surface area contributed by atoms with Gasteiger partial charge in [-0.1, -0.05) is 269 Å². The van der Waals surface area contributed by atoms with Gasteiger partial charge in [-0.3, -0.25) is 0 Å². The van der Waals surface area contributed by atoms with Gasteiger partial charge in [0.15, 0.2) is 0 Å². The van der Waals surface area contributed by atoms with Crippen molar-refractivity contribution in [3.63, 3.8) is 0 Å². The lowest BCUT2D eigenvalue weighted by Crippen LogP contribution is -2.37. The van der Waals surface area contributed by atoms with Crippen LogP contribution in [0.4, 0.5) is 42.9 Å². The molecule has 0 amide bonds. The van der Waals surface area contributed by atoms with Crippen molar-refractivity contribution in [1.82, 2.24) is 0 Å². The predicted molar refractivity (Wildman–Crippen MR) is 373 cm³/mol. The minimum Gasteiger partial charge on any atom is -0.307 e. The molecule has 12 aromatic carbocycles. The van der Waals surface area contributed by atoms with Gasteiger partial charge >= 0.3 is 0 Å². The highest BCUT2D eigenvalue weighted by atomic mass is 28.3. The first kappa shape index (κ1) is 45.4. The molecular formula is C76H74F2N2Si4. The van der Waals surface area contributed by atoms with Crippen LogP contribution < -0.4 is 30.5 Å². The van der Waals surface area contributed by atoms with Gasteiger partial charge in [0, 0.05) is 22.1 Å². The molecule has 0 aliphatic carbocycles. The van der Waals surface area contributed by atoms with Gasteiger partial charge in [0.25, 0.3) is 0 Å². The average Bonchev–Trinajstić information content (AvgIpc) is 0.716. The summed E-state index contributed by atoms with van der Waals surface area (Å²) >= 11 is 0. The molecule has 0 N–H and O–H groups in total. The molecule has 12 rings (SSSR count). The van der Waals surface area contributed by atoms with Crippen molar-refractivity contribution < 1.29 is 22.5 Å². The second-order valence-corrected chi connectivity index (χ2v) is 46.5. The molecule has 0 saturated carbocycles. The molecule has 0 aromatic heterocycles. The van der Waals surface area contributed by atoms with Crippen LogP contribution in [0.1, 0.15) is 13.7 Å². The highest BCUT2D eigenvalue weighted by molar-refractivity contribution is 6.90. The van der Waals surface area contributed by atoms with Gasteiger partial charge in [-0.25, -0.2) is 8.78 Å². The summed E-state index contributed by atoms with van der Waals surface area (Å²) in [5.41, 5.74) is 5.70. The first-order chi connectivity index (χ1) is 44.1. The molecule has 0 heterocycles. The summed E-state index contributed by atoms with van der Waals surface area (Å²) in [5, 5.41) is 8.39. The van der Waals surface area contributed by atoms with Crippen LogP contribution in [0.3, 0.4) is 0 Å². The van der Waals surface area contributed by atoms with Crippen molar-refractivity contribution in [3.8, 4) is 44.5 Å². The van der Waals surface area contributed by atoms with E-state index in [1.54, 1.807) is 24.3 Å². The molecule has 0 spiro atoms. The Morgan fingerprint density at radius 2 is 0.595 bits per heavy atom. The Kier molecular flexibility index (Phi) is 11.7. The second kappa shape index (κ2) is 21.6. The molecule has 2 nitrogen and oxygen atoms in total. The summed E-state index contributed by atoms with van der Waals surface area (Å²) in [5.74, 6) is -1.42. The van der Waals surface area contributed by atoms with Crippen LogP contribution in [-0.2, 0) is 0 Å². The van der Waals surface area contributed by atoms with E-state index < -0.39 is 104 Å². The largest absolute Gasteiger partial charge is 0.307 e. The Morgan fingerprint density at radius 3 is 0.893 bits per heavy atom. The standard InChI is InChI=1S/C76H74F2N2Si4/c1-81(2,3)59-31-19-23-53(43-59)65-47-69(77)73(49-67(65)55-25-21-33-61(45-55)83(7,8)9)79(57-27-15-13-16-28-57)71-41-37-51-36-40-64-72(42-38-52-35-39-63(71)75(51)76(52)64)80(58-29-17-14-18-30-58)74-50-68(56-26-22-34-62(46-56)84(10,11)12)66(48-70(74)78)54-24-20-32-60(44-54)82(4,5)6/h13-50H,1-12H3/i13D,14D,15D,16D,17D,18D,27D,28D,29D,30D. The summed E-state index contributed by atoms with van der Waals surface area (Å²) in [6.07, 6.45) is 0. The number of hydrogen-bond donors (Lipinski definition) is 0. The van der Waals surface area contributed by atoms with E-state index in [9.17, 15) is 5.48 Å². The minimum absolute atomic E-state index is 0.0718. The first-order valence-corrected chi connectivity index (χ1v) is 42.7. The van der Waals surface area contributed by atoms with Gasteiger partial charge in [-0.15, -0.1) is 0 Å². The lowest BCUT2D eigenvalue weighted by molar-refractivity contribution is 0.629. The Bertz CT molecular complexity index is 4720. The normalized spacial score (nSPS) is 14.1. The molecule has 0 atom stereocenters. The van der Waals surface area contributed by atoms with Gasteiger partial charge in [0.05, 0.1) is 68.8 Å². The Labute approximate surface area is 514 Å². The summed E-state index contributed by atoms with van der Waals surface area (Å²) in [6, 6.07) is 48.5. The van der Waals surface area contributed by atoms with Crippen LogP contribution in [0.5, 0.6) is 0 Å². The number of nitrogens with zero attached hydrogens (tertiary/aromatic N) is 2. The molecule has 0 aliphatic heterocycles. The highest BCUT2D eigenvalue weighted by Crippen LogP contribution is 2.50. The quantitative estimate of drug-likeness (QED) is 0.0791. The van der Waals surface area contributed by atoms with E-state index in [0.29, 0.717) is 54.6 Å². The van der Waals surface area contributed by atoms with Gasteiger partial charge < -0.3 is 9.80 Å². The van der Waals surface area contributed by atoms with E-state index in [1.807, 2.05) is 84.9 Å². The Balaban J connectivity index is 1.17. The fourth-order valence-corrected chi connectivity index (χ4v) is 16.4. The summed E-state index contributed by atoms with van der Waals surface area (Å²) in [4.78, 5) is 2.90. The van der Waals surface area contributed by atoms with Gasteiger partial charge in [-0.05, 0) is 127 Å². The topological polar surface area (TPSA) is 6.48 Å². The van der Waals surface area contributed by atoms with Gasteiger partial charge in [0.2, 0.25) is 0 Å². The number of para-hydroxylation sites is 2. The number of hydrogen-bond acceptors (Lipinski definition) is 2. The predicted octanol–water partition coefficient (Wildman–Crippen LogP) is 20.7. The fourth-order valence-electron chi connectivity index (χ4n) is 11.6. The van der Waals surface area contributed by atoms with Crippen molar-refractivity contribution in [1.29, 1.82) is 0 Å². The van der Waals surface area contributed by atoms with Crippen molar-refractivity contribution in [2.75, 3.05) is 9.80 Å². The number of halogens is 2. The maximum atomic E-state index is 18.5. The molecule has 12 aromatic rings. The third-order valence-electron chi connectivity index (χ3n) is 16.3. The third-order valence-corrected chi connectivity index (χ3v) is 24.5. The van der Waals surface area contributed by atoms with E-state index in [4.69, 9.17) is 8.22 Å². The lowest BCUT2D eigenvalue weighted by atomic mass is 9.90. The number of anilines is 6. The zero-order valence-electron chi connectivity index (χ0n) is 59.8. The van der Waals surface area contributed by atoms with Crippen LogP contribution in [0.25, 0.3) is 76.8 Å². The Morgan fingerprint density at radius 1 is 0.310 bits per heavy atom. The summed E-state index contributed by atoms with van der Waals surface area (Å²) in [7, 11) is -7.65. The van der Waals surface area contributed by atoms with E-state index in [0.717, 1.165) is 22.3 Å². The maximum Gasteiger partial charge on any atom is 0.147 e. The van der Waals surface area contributed by atoms with Crippen LogP contribution in [0.15, 0.2) is 230 Å². The monoisotopic (exact) mass is 1170 g/mol. The Hall–Kier alpha value is -7.99. The second-order valence-electron chi connectivity index (χ2n) is 26.2. The van der Waals surface area contributed by atoms with E-state index in [2.05, 4.69) is 127 Å². The molecule has 84 heavy (non-hydrogen) atoms. The van der Waals surface area contributed by atoms with Crippen LogP contribution >= 0.6 is 0 Å². The van der Waals surface area contributed by atoms with Crippen LogP contribution in [0.2, 0.25) is 78.6 Å². The fraction of sp³-hybridized carbons (Fsp3) is 0.158. The number of rotatable bonds is 14. The summed E-state index contributed by atoms with van der Waals surface area (Å²) in [6.45, 7) is 27.2. The van der Waals surface area contributed by atoms with Gasteiger partial charge in [0.1, 0.15) is 11.6 Å². The van der Waals surface area contributed by atoms with Crippen LogP contribution in [-0.4, -0.2) is 32.3 Å². The molecule has 0 radical (unpaired) electrons. The van der Waals surface area contributed by atoms with Gasteiger partial charge in [-0.2, -0.15) is 0 Å². The molecular weight excluding hydrogens is 1090 g/mol. The molecule has 0 saturated heterocycles. The van der Waals surface area contributed by atoms with Crippen molar-refractivity contribution in [3.05, 3.63) is 242 Å². The molecule has 418 valence electrons. The lowest BCUT2D eigenvalue weighted by Gasteiger charge is -2.30. The van der Waals surface area contributed by atoms with Crippen molar-refractivity contribution in [2.45, 2.75) is 78.6 Å². The SMILES string of the molecule is [2H]c1c([2H])c([2H])c(N(c2cc(-c3cccc([Si](C)(C)C)c3)c(-c3cccc([Si](C)(C)C)c3)cc2F)c2ccc3ccc4c(N(c5cc(-c6cccc([Si](C)(C)C)c6)c(-c6cccc([Si](C)(C)C)c6)cc5F)c5c([2H])c([2H])c([2H])c([2H])c5[2H])ccc5ccc2c3c54)c([2H])c1[2H].